The van der Waals surface area contributed by atoms with Crippen LogP contribution < -0.4 is 10.6 Å². The van der Waals surface area contributed by atoms with Crippen molar-refractivity contribution in [2.45, 2.75) is 46.5 Å². The summed E-state index contributed by atoms with van der Waals surface area (Å²) in [5.74, 6) is 1.93. The third kappa shape index (κ3) is 3.92. The maximum absolute atomic E-state index is 6.25. The van der Waals surface area contributed by atoms with Gasteiger partial charge in [0.15, 0.2) is 0 Å². The number of likely N-dealkylation sites (N-methyl/N-ethyl adjacent to an activating group) is 1. The molecular formula is C22H34N6. The van der Waals surface area contributed by atoms with Gasteiger partial charge in [-0.15, -0.1) is 0 Å². The van der Waals surface area contributed by atoms with Gasteiger partial charge < -0.3 is 20.5 Å². The molecule has 1 aliphatic heterocycles. The van der Waals surface area contributed by atoms with Gasteiger partial charge in [0.25, 0.3) is 0 Å². The number of imidazole rings is 1. The lowest BCUT2D eigenvalue weighted by atomic mass is 10.1. The van der Waals surface area contributed by atoms with Crippen molar-refractivity contribution in [2.75, 3.05) is 43.9 Å². The van der Waals surface area contributed by atoms with Crippen LogP contribution in [-0.4, -0.2) is 53.1 Å². The largest absolute Gasteiger partial charge is 0.382 e. The first-order chi connectivity index (χ1) is 13.6. The van der Waals surface area contributed by atoms with E-state index in [4.69, 9.17) is 10.7 Å². The molecule has 1 fully saturated rings. The second-order valence-electron chi connectivity index (χ2n) is 7.52. The number of nitrogens with one attached hydrogen (secondary N) is 1. The van der Waals surface area contributed by atoms with Gasteiger partial charge in [0.2, 0.25) is 0 Å². The first-order valence-electron chi connectivity index (χ1n) is 10.6. The van der Waals surface area contributed by atoms with Crippen molar-refractivity contribution in [3.63, 3.8) is 0 Å². The van der Waals surface area contributed by atoms with Gasteiger partial charge in [0.1, 0.15) is 22.7 Å². The molecule has 2 aromatic heterocycles. The number of nitrogens with zero attached hydrogens (tertiary/aromatic N) is 4. The molecule has 1 aliphatic rings. The zero-order valence-electron chi connectivity index (χ0n) is 17.9. The first-order valence-corrected chi connectivity index (χ1v) is 10.6. The van der Waals surface area contributed by atoms with Crippen molar-refractivity contribution in [3.05, 3.63) is 24.0 Å². The van der Waals surface area contributed by atoms with Crippen LogP contribution in [-0.2, 0) is 0 Å². The van der Waals surface area contributed by atoms with Crippen LogP contribution in [0.1, 0.15) is 52.3 Å². The highest BCUT2D eigenvalue weighted by molar-refractivity contribution is 6.06. The van der Waals surface area contributed by atoms with Crippen LogP contribution in [0.15, 0.2) is 18.2 Å². The second kappa shape index (κ2) is 8.78. The lowest BCUT2D eigenvalue weighted by Crippen LogP contribution is -2.44. The van der Waals surface area contributed by atoms with Gasteiger partial charge in [-0.2, -0.15) is 0 Å². The van der Waals surface area contributed by atoms with Gasteiger partial charge in [-0.25, -0.2) is 9.97 Å². The average molecular weight is 383 g/mol. The van der Waals surface area contributed by atoms with Crippen molar-refractivity contribution < 1.29 is 0 Å². The summed E-state index contributed by atoms with van der Waals surface area (Å²) < 4.78 is 0. The topological polar surface area (TPSA) is 74.1 Å². The number of hydrogen-bond acceptors (Lipinski definition) is 5. The lowest BCUT2D eigenvalue weighted by molar-refractivity contribution is 0.313. The van der Waals surface area contributed by atoms with Crippen molar-refractivity contribution in [2.24, 2.45) is 0 Å². The van der Waals surface area contributed by atoms with E-state index in [1.165, 1.54) is 5.69 Å². The summed E-state index contributed by atoms with van der Waals surface area (Å²) in [6.07, 6.45) is 2.25. The van der Waals surface area contributed by atoms with Gasteiger partial charge in [-0.1, -0.05) is 34.1 Å². The van der Waals surface area contributed by atoms with Gasteiger partial charge in [0.05, 0.1) is 5.52 Å². The van der Waals surface area contributed by atoms with E-state index in [-0.39, 0.29) is 0 Å². The van der Waals surface area contributed by atoms with Gasteiger partial charge in [-0.3, -0.25) is 0 Å². The molecule has 1 atom stereocenters. The number of nitrogens with two attached hydrogens (primary N) is 1. The van der Waals surface area contributed by atoms with Crippen molar-refractivity contribution >= 4 is 33.4 Å². The Bertz CT molecular complexity index is 924. The molecule has 0 bridgehead atoms. The highest BCUT2D eigenvalue weighted by Gasteiger charge is 2.18. The Kier molecular flexibility index (Phi) is 6.39. The first kappa shape index (κ1) is 20.4. The molecule has 0 amide bonds. The van der Waals surface area contributed by atoms with Crippen LogP contribution in [0.3, 0.4) is 0 Å². The maximum atomic E-state index is 6.25. The van der Waals surface area contributed by atoms with Crippen LogP contribution >= 0.6 is 0 Å². The lowest BCUT2D eigenvalue weighted by Gasteiger charge is -2.34. The molecule has 6 heteroatoms. The summed E-state index contributed by atoms with van der Waals surface area (Å²) in [7, 11) is 2.17. The van der Waals surface area contributed by atoms with Gasteiger partial charge in [-0.05, 0) is 31.7 Å². The molecule has 0 aliphatic carbocycles. The Labute approximate surface area is 168 Å². The normalized spacial score (nSPS) is 16.2. The van der Waals surface area contributed by atoms with E-state index in [2.05, 4.69) is 58.9 Å². The Morgan fingerprint density at radius 1 is 1.14 bits per heavy atom. The number of fused-ring (bicyclic) bond motifs is 3. The average Bonchev–Trinajstić information content (AvgIpc) is 3.16. The van der Waals surface area contributed by atoms with E-state index >= 15 is 0 Å². The minimum Gasteiger partial charge on any atom is -0.382 e. The Hall–Kier alpha value is -2.34. The number of aromatic nitrogens is 3. The number of aromatic amines is 1. The SMILES string of the molecule is CC.CCCC(C)c1nc2c([nH]1)c(N)nc1cc(N3CCN(C)CC3)ccc12. The number of H-pyrrole nitrogens is 1. The smallest absolute Gasteiger partial charge is 0.150 e. The van der Waals surface area contributed by atoms with Gasteiger partial charge in [0, 0.05) is 43.2 Å². The highest BCUT2D eigenvalue weighted by Crippen LogP contribution is 2.31. The number of nitrogen functional groups attached to an aromatic ring is 1. The molecule has 28 heavy (non-hydrogen) atoms. The van der Waals surface area contributed by atoms with Crippen LogP contribution in [0.25, 0.3) is 21.9 Å². The summed E-state index contributed by atoms with van der Waals surface area (Å²) in [6, 6.07) is 6.49. The molecule has 3 heterocycles. The Balaban J connectivity index is 0.00000109. The van der Waals surface area contributed by atoms with E-state index in [0.29, 0.717) is 11.7 Å². The molecule has 1 saturated heterocycles. The van der Waals surface area contributed by atoms with Gasteiger partial charge >= 0.3 is 0 Å². The predicted octanol–water partition coefficient (Wildman–Crippen LogP) is 4.37. The Morgan fingerprint density at radius 2 is 1.86 bits per heavy atom. The number of hydrogen-bond donors (Lipinski definition) is 2. The fourth-order valence-corrected chi connectivity index (χ4v) is 3.83. The predicted molar refractivity (Wildman–Crippen MR) is 120 cm³/mol. The molecule has 3 aromatic rings. The standard InChI is InChI=1S/C20H28N6.C2H6/c1-4-5-13(2)20-23-17-15-7-6-14(26-10-8-25(3)9-11-26)12-16(15)22-19(21)18(17)24-20;1-2/h6-7,12-13H,4-5,8-11H2,1-3H3,(H2,21,22)(H,23,24);1-2H3. The van der Waals surface area contributed by atoms with E-state index in [1.54, 1.807) is 0 Å². The van der Waals surface area contributed by atoms with E-state index in [1.807, 2.05) is 13.8 Å². The van der Waals surface area contributed by atoms with Crippen molar-refractivity contribution in [1.29, 1.82) is 0 Å². The fourth-order valence-electron chi connectivity index (χ4n) is 3.83. The fraction of sp³-hybridized carbons (Fsp3) is 0.545. The molecule has 0 spiro atoms. The molecule has 6 nitrogen and oxygen atoms in total. The second-order valence-corrected chi connectivity index (χ2v) is 7.52. The molecule has 0 saturated carbocycles. The number of rotatable bonds is 4. The summed E-state index contributed by atoms with van der Waals surface area (Å²) in [4.78, 5) is 17.7. The minimum atomic E-state index is 0.395. The van der Waals surface area contributed by atoms with Crippen molar-refractivity contribution in [1.82, 2.24) is 19.9 Å². The van der Waals surface area contributed by atoms with E-state index in [9.17, 15) is 0 Å². The molecule has 152 valence electrons. The quantitative estimate of drug-likeness (QED) is 0.701. The Morgan fingerprint density at radius 3 is 2.54 bits per heavy atom. The molecule has 4 rings (SSSR count). The summed E-state index contributed by atoms with van der Waals surface area (Å²) >= 11 is 0. The number of benzene rings is 1. The summed E-state index contributed by atoms with van der Waals surface area (Å²) in [5, 5.41) is 1.07. The summed E-state index contributed by atoms with van der Waals surface area (Å²) in [5.41, 5.74) is 10.2. The molecule has 1 aromatic carbocycles. The van der Waals surface area contributed by atoms with Crippen LogP contribution in [0.5, 0.6) is 0 Å². The number of pyridine rings is 1. The van der Waals surface area contributed by atoms with Crippen molar-refractivity contribution in [3.8, 4) is 0 Å². The van der Waals surface area contributed by atoms with E-state index in [0.717, 1.165) is 66.8 Å². The molecule has 0 radical (unpaired) electrons. The third-order valence-corrected chi connectivity index (χ3v) is 5.51. The van der Waals surface area contributed by atoms with Crippen LogP contribution in [0.2, 0.25) is 0 Å². The monoisotopic (exact) mass is 382 g/mol. The number of piperazine rings is 1. The number of anilines is 2. The minimum absolute atomic E-state index is 0.395. The van der Waals surface area contributed by atoms with E-state index < -0.39 is 0 Å². The molecular weight excluding hydrogens is 348 g/mol. The highest BCUT2D eigenvalue weighted by atomic mass is 15.2. The maximum Gasteiger partial charge on any atom is 0.150 e. The van der Waals surface area contributed by atoms with Crippen LogP contribution in [0.4, 0.5) is 11.5 Å². The third-order valence-electron chi connectivity index (χ3n) is 5.51. The molecule has 3 N–H and O–H groups in total. The zero-order valence-corrected chi connectivity index (χ0v) is 17.9. The zero-order chi connectivity index (χ0) is 20.3. The van der Waals surface area contributed by atoms with Crippen LogP contribution in [0, 0.1) is 0 Å². The summed E-state index contributed by atoms with van der Waals surface area (Å²) in [6.45, 7) is 12.7. The molecule has 1 unspecified atom stereocenters.